The van der Waals surface area contributed by atoms with Crippen LogP contribution in [0.5, 0.6) is 0 Å². The summed E-state index contributed by atoms with van der Waals surface area (Å²) in [4.78, 5) is 59.3. The maximum Gasteiger partial charge on any atom is 0.270 e. The quantitative estimate of drug-likeness (QED) is 0.198. The van der Waals surface area contributed by atoms with Crippen molar-refractivity contribution in [3.63, 3.8) is 0 Å². The van der Waals surface area contributed by atoms with Gasteiger partial charge in [0, 0.05) is 24.0 Å². The summed E-state index contributed by atoms with van der Waals surface area (Å²) < 4.78 is 0. The zero-order valence-electron chi connectivity index (χ0n) is 28.7. The molecule has 1 saturated carbocycles. The number of aliphatic hydroxyl groups excluding tert-OH is 1. The van der Waals surface area contributed by atoms with Gasteiger partial charge < -0.3 is 26.8 Å². The first-order valence-corrected chi connectivity index (χ1v) is 17.4. The number of carbonyl (C=O) groups excluding carboxylic acids is 4. The molecule has 4 amide bonds. The lowest BCUT2D eigenvalue weighted by molar-refractivity contribution is -0.133. The van der Waals surface area contributed by atoms with E-state index in [0.717, 1.165) is 36.6 Å². The average molecular weight is 671 g/mol. The molecule has 3 aromatic rings. The highest BCUT2D eigenvalue weighted by atomic mass is 16.3. The van der Waals surface area contributed by atoms with Crippen LogP contribution in [0.1, 0.15) is 75.3 Å². The van der Waals surface area contributed by atoms with Crippen molar-refractivity contribution >= 4 is 34.5 Å². The molecule has 1 aliphatic carbocycles. The number of hydrogen-bond donors (Lipinski definition) is 5. The van der Waals surface area contributed by atoms with Gasteiger partial charge >= 0.3 is 0 Å². The molecule has 2 fully saturated rings. The van der Waals surface area contributed by atoms with Gasteiger partial charge in [0.15, 0.2) is 0 Å². The summed E-state index contributed by atoms with van der Waals surface area (Å²) in [6, 6.07) is 17.6. The number of aromatic nitrogens is 1. The van der Waals surface area contributed by atoms with Gasteiger partial charge in [0.2, 0.25) is 17.7 Å². The minimum atomic E-state index is -1.30. The fourth-order valence-corrected chi connectivity index (χ4v) is 7.26. The van der Waals surface area contributed by atoms with Gasteiger partial charge in [0.25, 0.3) is 5.91 Å². The first-order valence-electron chi connectivity index (χ1n) is 17.4. The Hall–Kier alpha value is -4.35. The minimum Gasteiger partial charge on any atom is -0.390 e. The first-order chi connectivity index (χ1) is 23.4. The monoisotopic (exact) mass is 670 g/mol. The number of nitrogens with one attached hydrogen (secondary N) is 3. The van der Waals surface area contributed by atoms with Crippen molar-refractivity contribution in [2.75, 3.05) is 13.1 Å². The molecule has 0 spiro atoms. The van der Waals surface area contributed by atoms with E-state index in [1.54, 1.807) is 18.2 Å². The zero-order valence-corrected chi connectivity index (χ0v) is 28.7. The molecule has 6 N–H and O–H groups in total. The topological polar surface area (TPSA) is 167 Å². The SMILES string of the molecule is CC(C)(C)NC(=O)[C@@H]1C[C@@H]2CCCC[C@H]2CN1C[C@@H](O)[C@H](Cc1ccccc1)NC(=O)[C@H](CC(N)=O)NC(=O)c1ccc2ccccc2n1. The van der Waals surface area contributed by atoms with Crippen LogP contribution in [0.2, 0.25) is 0 Å². The van der Waals surface area contributed by atoms with Crippen molar-refractivity contribution < 1.29 is 24.3 Å². The number of nitrogens with two attached hydrogens (primary N) is 1. The van der Waals surface area contributed by atoms with Crippen LogP contribution in [-0.4, -0.2) is 81.5 Å². The molecule has 0 unspecified atom stereocenters. The molecule has 6 atom stereocenters. The van der Waals surface area contributed by atoms with Crippen molar-refractivity contribution in [1.29, 1.82) is 0 Å². The number of aliphatic hydroxyl groups is 1. The molecule has 1 aliphatic heterocycles. The maximum atomic E-state index is 13.8. The Morgan fingerprint density at radius 3 is 2.35 bits per heavy atom. The molecule has 1 saturated heterocycles. The van der Waals surface area contributed by atoms with Gasteiger partial charge in [0.1, 0.15) is 11.7 Å². The number of pyridine rings is 1. The molecule has 5 rings (SSSR count). The van der Waals surface area contributed by atoms with Crippen molar-refractivity contribution in [2.45, 2.75) is 95.5 Å². The number of carbonyl (C=O) groups is 4. The van der Waals surface area contributed by atoms with Gasteiger partial charge in [-0.15, -0.1) is 0 Å². The number of piperidine rings is 1. The van der Waals surface area contributed by atoms with Crippen molar-refractivity contribution in [3.05, 3.63) is 78.0 Å². The lowest BCUT2D eigenvalue weighted by atomic mass is 9.72. The van der Waals surface area contributed by atoms with Crippen molar-refractivity contribution in [1.82, 2.24) is 25.8 Å². The smallest absolute Gasteiger partial charge is 0.270 e. The fraction of sp³-hybridized carbons (Fsp3) is 0.500. The Morgan fingerprint density at radius 1 is 0.939 bits per heavy atom. The highest BCUT2D eigenvalue weighted by Gasteiger charge is 2.42. The van der Waals surface area contributed by atoms with Crippen molar-refractivity contribution in [2.24, 2.45) is 17.6 Å². The van der Waals surface area contributed by atoms with E-state index in [1.165, 1.54) is 6.42 Å². The number of para-hydroxylation sites is 1. The number of benzene rings is 2. The molecule has 11 nitrogen and oxygen atoms in total. The molecule has 2 heterocycles. The summed E-state index contributed by atoms with van der Waals surface area (Å²) in [7, 11) is 0. The molecule has 11 heteroatoms. The fourth-order valence-electron chi connectivity index (χ4n) is 7.26. The van der Waals surface area contributed by atoms with E-state index in [2.05, 4.69) is 25.8 Å². The Labute approximate surface area is 288 Å². The first kappa shape index (κ1) is 35.9. The summed E-state index contributed by atoms with van der Waals surface area (Å²) in [5.41, 5.74) is 6.70. The number of amides is 4. The maximum absolute atomic E-state index is 13.8. The molecule has 0 radical (unpaired) electrons. The second-order valence-corrected chi connectivity index (χ2v) is 14.7. The Bertz CT molecular complexity index is 1630. The Kier molecular flexibility index (Phi) is 11.7. The van der Waals surface area contributed by atoms with E-state index in [0.29, 0.717) is 23.9 Å². The van der Waals surface area contributed by atoms with Gasteiger partial charge in [0.05, 0.1) is 30.1 Å². The largest absolute Gasteiger partial charge is 0.390 e. The van der Waals surface area contributed by atoms with Gasteiger partial charge in [-0.05, 0) is 69.6 Å². The predicted octanol–water partition coefficient (Wildman–Crippen LogP) is 3.09. The van der Waals surface area contributed by atoms with Crippen molar-refractivity contribution in [3.8, 4) is 0 Å². The van der Waals surface area contributed by atoms with Gasteiger partial charge in [-0.1, -0.05) is 73.9 Å². The highest BCUT2D eigenvalue weighted by molar-refractivity contribution is 5.99. The normalized spacial score (nSPS) is 21.5. The van der Waals surface area contributed by atoms with Crippen LogP contribution in [0.4, 0.5) is 0 Å². The third-order valence-electron chi connectivity index (χ3n) is 9.67. The Morgan fingerprint density at radius 2 is 1.63 bits per heavy atom. The molecular formula is C38H50N6O5. The summed E-state index contributed by atoms with van der Waals surface area (Å²) >= 11 is 0. The number of primary amides is 1. The minimum absolute atomic E-state index is 0.0566. The summed E-state index contributed by atoms with van der Waals surface area (Å²) in [6.45, 7) is 6.73. The molecule has 2 aliphatic rings. The summed E-state index contributed by atoms with van der Waals surface area (Å²) in [5, 5.41) is 21.4. The van der Waals surface area contributed by atoms with E-state index in [9.17, 15) is 24.3 Å². The standard InChI is InChI=1S/C38H50N6O5/c1-38(2,3)43-37(49)32-20-26-14-7-8-15-27(26)22-44(32)23-33(45)30(19-24-11-5-4-6-12-24)41-36(48)31(21-34(39)46)42-35(47)29-18-17-25-13-9-10-16-28(25)40-29/h4-6,9-13,16-18,26-27,30-33,45H,7-8,14-15,19-23H2,1-3H3,(H2,39,46)(H,41,48)(H,42,47)(H,43,49)/t26-,27-,30-,31-,32-,33+/m0/s1. The number of hydrogen-bond acceptors (Lipinski definition) is 7. The van der Waals surface area contributed by atoms with Crippen LogP contribution < -0.4 is 21.7 Å². The highest BCUT2D eigenvalue weighted by Crippen LogP contribution is 2.39. The van der Waals surface area contributed by atoms with E-state index in [-0.39, 0.29) is 24.6 Å². The predicted molar refractivity (Wildman–Crippen MR) is 188 cm³/mol. The molecule has 262 valence electrons. The average Bonchev–Trinajstić information content (AvgIpc) is 3.06. The van der Waals surface area contributed by atoms with Crippen LogP contribution in [0, 0.1) is 11.8 Å². The van der Waals surface area contributed by atoms with E-state index < -0.39 is 53.9 Å². The van der Waals surface area contributed by atoms with Crippen LogP contribution in [-0.2, 0) is 20.8 Å². The summed E-state index contributed by atoms with van der Waals surface area (Å²) in [5.74, 6) is -1.20. The molecule has 49 heavy (non-hydrogen) atoms. The van der Waals surface area contributed by atoms with Crippen LogP contribution in [0.15, 0.2) is 66.7 Å². The Balaban J connectivity index is 1.35. The molecule has 0 bridgehead atoms. The number of rotatable bonds is 12. The van der Waals surface area contributed by atoms with Crippen LogP contribution in [0.25, 0.3) is 10.9 Å². The third kappa shape index (κ3) is 9.86. The molecular weight excluding hydrogens is 620 g/mol. The van der Waals surface area contributed by atoms with Gasteiger partial charge in [-0.2, -0.15) is 0 Å². The molecule has 2 aromatic carbocycles. The van der Waals surface area contributed by atoms with Crippen LogP contribution in [0.3, 0.4) is 0 Å². The second kappa shape index (κ2) is 15.9. The zero-order chi connectivity index (χ0) is 35.1. The lowest BCUT2D eigenvalue weighted by Gasteiger charge is -2.47. The number of β-amino-alcohol motifs (C(OH)–C–C–N with tert-alkyl or cyclic N) is 1. The lowest BCUT2D eigenvalue weighted by Crippen LogP contribution is -2.61. The summed E-state index contributed by atoms with van der Waals surface area (Å²) in [6.07, 6.45) is 4.03. The molecule has 1 aromatic heterocycles. The van der Waals surface area contributed by atoms with Crippen LogP contribution >= 0.6 is 0 Å². The van der Waals surface area contributed by atoms with E-state index >= 15 is 0 Å². The van der Waals surface area contributed by atoms with E-state index in [4.69, 9.17) is 5.73 Å². The van der Waals surface area contributed by atoms with Gasteiger partial charge in [-0.3, -0.25) is 24.1 Å². The van der Waals surface area contributed by atoms with Gasteiger partial charge in [-0.25, -0.2) is 4.98 Å². The third-order valence-corrected chi connectivity index (χ3v) is 9.67. The second-order valence-electron chi connectivity index (χ2n) is 14.7. The number of likely N-dealkylation sites (tertiary alicyclic amines) is 1. The number of fused-ring (bicyclic) bond motifs is 2. The van der Waals surface area contributed by atoms with E-state index in [1.807, 2.05) is 69.3 Å². The number of nitrogens with zero attached hydrogens (tertiary/aromatic N) is 2.